The molecule has 0 radical (unpaired) electrons. The smallest absolute Gasteiger partial charge is 0.462 e. The van der Waals surface area contributed by atoms with Gasteiger partial charge in [0, 0.05) is 31.1 Å². The lowest BCUT2D eigenvalue weighted by molar-refractivity contribution is -0.167. The van der Waals surface area contributed by atoms with E-state index >= 15 is 0 Å². The van der Waals surface area contributed by atoms with Crippen LogP contribution in [0.3, 0.4) is 0 Å². The molecule has 1 unspecified atom stereocenters. The number of hydrogen-bond acceptors (Lipinski definition) is 15. The normalized spacial score (nSPS) is 32.5. The van der Waals surface area contributed by atoms with Crippen LogP contribution >= 0.6 is 7.82 Å². The third kappa shape index (κ3) is 24.6. The summed E-state index contributed by atoms with van der Waals surface area (Å²) >= 11 is 0. The number of aliphatic hydroxyl groups is 8. The van der Waals surface area contributed by atoms with Crippen LogP contribution in [0, 0.1) is 11.8 Å². The molecule has 0 aromatic carbocycles. The van der Waals surface area contributed by atoms with E-state index in [1.807, 2.05) is 19.1 Å². The van der Waals surface area contributed by atoms with Gasteiger partial charge in [-0.15, -0.1) is 0 Å². The van der Waals surface area contributed by atoms with E-state index in [0.717, 1.165) is 38.5 Å². The zero-order valence-electron chi connectivity index (χ0n) is 39.3. The van der Waals surface area contributed by atoms with E-state index < -0.39 is 112 Å². The van der Waals surface area contributed by atoms with Gasteiger partial charge in [0.25, 0.3) is 0 Å². The van der Waals surface area contributed by atoms with E-state index in [9.17, 15) is 59.9 Å². The molecule has 1 saturated carbocycles. The number of cyclic esters (lactones) is 1. The Bertz CT molecular complexity index is 1520. The summed E-state index contributed by atoms with van der Waals surface area (Å²) in [6.45, 7) is 2.77. The maximum atomic E-state index is 13.5. The van der Waals surface area contributed by atoms with Gasteiger partial charge < -0.3 is 55.2 Å². The second-order valence-corrected chi connectivity index (χ2v) is 19.0. The second-order valence-electron chi connectivity index (χ2n) is 17.6. The standard InChI is InChI=1S/C49H83O16P/c1-3-5-7-8-9-10-11-12-13-14-15-16-17-18-19-20-26-30-43(54)64-37-34-62-42(53)29-25-22-21-24-28-38-40(51)33-41(52)39(32-31-36(50)27-23-6-4-2)45(56)47(58)49(48(59)46(57)44(38)55)65-66(60,61)63-35-37/h9-10,12-13,15-16,18-19,31-32,36-41,44-52,55-59H,3-8,11,14,17,20-30,33-35H2,1-2H3,(H,60,61)/b10-9-,13-12-,16-15-,19-18-,32-31+/t36-,37+,38-,39-,40-,41+,44+,45+,46-,47+,48+,49+/m0/s1. The fraction of sp³-hybridized carbons (Fsp3) is 0.755. The highest BCUT2D eigenvalue weighted by atomic mass is 31.2. The number of unbranched alkanes of at least 4 members (excludes halogenated alkanes) is 6. The highest BCUT2D eigenvalue weighted by molar-refractivity contribution is 7.47. The van der Waals surface area contributed by atoms with Gasteiger partial charge in [0.1, 0.15) is 31.0 Å². The van der Waals surface area contributed by atoms with E-state index in [2.05, 4.69) is 43.4 Å². The van der Waals surface area contributed by atoms with Crippen molar-refractivity contribution in [3.05, 3.63) is 60.8 Å². The van der Waals surface area contributed by atoms with Gasteiger partial charge in [-0.2, -0.15) is 0 Å². The Labute approximate surface area is 392 Å². The highest BCUT2D eigenvalue weighted by Gasteiger charge is 2.49. The van der Waals surface area contributed by atoms with Crippen molar-refractivity contribution < 1.29 is 78.4 Å². The minimum absolute atomic E-state index is 0.00587. The minimum atomic E-state index is -5.45. The van der Waals surface area contributed by atoms with Crippen molar-refractivity contribution in [3.8, 4) is 0 Å². The summed E-state index contributed by atoms with van der Waals surface area (Å²) in [5.41, 5.74) is 0. The summed E-state index contributed by atoms with van der Waals surface area (Å²) in [5.74, 6) is -3.98. The predicted molar refractivity (Wildman–Crippen MR) is 251 cm³/mol. The first-order valence-electron chi connectivity index (χ1n) is 24.3. The van der Waals surface area contributed by atoms with E-state index in [-0.39, 0.29) is 19.3 Å². The van der Waals surface area contributed by atoms with Crippen LogP contribution in [0.5, 0.6) is 0 Å². The number of esters is 2. The molecule has 2 aliphatic rings. The van der Waals surface area contributed by atoms with Crippen LogP contribution in [0.25, 0.3) is 0 Å². The first-order chi connectivity index (χ1) is 31.6. The van der Waals surface area contributed by atoms with Crippen molar-refractivity contribution in [3.63, 3.8) is 0 Å². The SMILES string of the molecule is CCCCC/C=C\C/C=C\C/C=C\C/C=C\CCCC(=O)O[C@@H]1COC(=O)CCCCCC[C@@H]2[C@@H](O)[C@H](O)[C@@H](O)[C@H](OP(=O)(O)OC1)[C@H](O)[C@H](O)[C@@H](/C=C/[C@@H](O)CCCCC)[C@H](O)C[C@@H]2O. The second kappa shape index (κ2) is 34.7. The van der Waals surface area contributed by atoms with Crippen LogP contribution in [0.2, 0.25) is 0 Å². The predicted octanol–water partition coefficient (Wildman–Crippen LogP) is 6.10. The van der Waals surface area contributed by atoms with Crippen molar-refractivity contribution in [1.82, 2.24) is 0 Å². The molecule has 9 N–H and O–H groups in total. The number of phosphoric ester groups is 1. The Kier molecular flexibility index (Phi) is 31.3. The summed E-state index contributed by atoms with van der Waals surface area (Å²) in [6.07, 6.45) is 12.8. The fourth-order valence-corrected chi connectivity index (χ4v) is 8.88. The molecule has 16 nitrogen and oxygen atoms in total. The van der Waals surface area contributed by atoms with Gasteiger partial charge in [-0.3, -0.25) is 18.6 Å². The Morgan fingerprint density at radius 1 is 0.727 bits per heavy atom. The third-order valence-electron chi connectivity index (χ3n) is 11.9. The number of allylic oxidation sites excluding steroid dienone is 8. The van der Waals surface area contributed by atoms with Gasteiger partial charge in [-0.25, -0.2) is 4.57 Å². The largest absolute Gasteiger partial charge is 0.472 e. The first-order valence-corrected chi connectivity index (χ1v) is 25.8. The average molecular weight is 959 g/mol. The van der Waals surface area contributed by atoms with Crippen LogP contribution in [0.4, 0.5) is 0 Å². The Hall–Kier alpha value is -2.57. The number of phosphoric acid groups is 1. The summed E-state index contributed by atoms with van der Waals surface area (Å²) < 4.78 is 34.7. The van der Waals surface area contributed by atoms with Gasteiger partial charge in [0.15, 0.2) is 6.10 Å². The molecule has 2 fully saturated rings. The van der Waals surface area contributed by atoms with Crippen molar-refractivity contribution in [1.29, 1.82) is 0 Å². The lowest BCUT2D eigenvalue weighted by atomic mass is 9.82. The van der Waals surface area contributed by atoms with Crippen molar-refractivity contribution in [2.45, 2.75) is 210 Å². The third-order valence-corrected chi connectivity index (χ3v) is 12.9. The molecule has 1 saturated heterocycles. The Morgan fingerprint density at radius 3 is 1.97 bits per heavy atom. The first kappa shape index (κ1) is 59.6. The maximum absolute atomic E-state index is 13.5. The van der Waals surface area contributed by atoms with Crippen LogP contribution < -0.4 is 0 Å². The molecule has 0 amide bonds. The van der Waals surface area contributed by atoms with Crippen molar-refractivity contribution in [2.75, 3.05) is 13.2 Å². The van der Waals surface area contributed by atoms with Gasteiger partial charge >= 0.3 is 19.8 Å². The molecule has 0 aromatic rings. The average Bonchev–Trinajstić information content (AvgIpc) is 3.28. The molecule has 380 valence electrons. The summed E-state index contributed by atoms with van der Waals surface area (Å²) in [7, 11) is -5.45. The highest BCUT2D eigenvalue weighted by Crippen LogP contribution is 2.47. The molecular formula is C49H83O16P. The van der Waals surface area contributed by atoms with Crippen LogP contribution in [-0.4, -0.2) is 132 Å². The fourth-order valence-electron chi connectivity index (χ4n) is 7.90. The van der Waals surface area contributed by atoms with Gasteiger partial charge in [-0.1, -0.05) is 126 Å². The quantitative estimate of drug-likeness (QED) is 0.0272. The zero-order chi connectivity index (χ0) is 48.7. The molecule has 2 bridgehead atoms. The molecule has 2 rings (SSSR count). The molecule has 0 spiro atoms. The number of ether oxygens (including phenoxy) is 2. The number of carbonyl (C=O) groups is 2. The molecular weight excluding hydrogens is 875 g/mol. The molecule has 0 aromatic heterocycles. The lowest BCUT2D eigenvalue weighted by Crippen LogP contribution is -2.55. The number of hydrogen-bond donors (Lipinski definition) is 9. The monoisotopic (exact) mass is 959 g/mol. The number of fused-ring (bicyclic) bond motifs is 4. The topological polar surface area (TPSA) is 270 Å². The molecule has 1 heterocycles. The number of carbonyl (C=O) groups excluding carboxylic acids is 2. The number of aliphatic hydroxyl groups excluding tert-OH is 8. The van der Waals surface area contributed by atoms with E-state index in [1.54, 1.807) is 0 Å². The maximum Gasteiger partial charge on any atom is 0.472 e. The van der Waals surface area contributed by atoms with Crippen LogP contribution in [0.15, 0.2) is 60.8 Å². The molecule has 1 aliphatic heterocycles. The minimum Gasteiger partial charge on any atom is -0.462 e. The zero-order valence-corrected chi connectivity index (χ0v) is 40.2. The van der Waals surface area contributed by atoms with Crippen LogP contribution in [-0.2, 0) is 32.7 Å². The van der Waals surface area contributed by atoms with Gasteiger partial charge in [0.05, 0.1) is 37.1 Å². The Morgan fingerprint density at radius 2 is 1.32 bits per heavy atom. The van der Waals surface area contributed by atoms with Crippen LogP contribution in [0.1, 0.15) is 149 Å². The number of rotatable bonds is 21. The summed E-state index contributed by atoms with van der Waals surface area (Å²) in [5, 5.41) is 90.3. The van der Waals surface area contributed by atoms with Crippen molar-refractivity contribution in [2.24, 2.45) is 11.8 Å². The van der Waals surface area contributed by atoms with Crippen molar-refractivity contribution >= 4 is 19.8 Å². The Balaban J connectivity index is 2.19. The molecule has 17 heteroatoms. The molecule has 13 atom stereocenters. The lowest BCUT2D eigenvalue weighted by Gasteiger charge is -2.37. The van der Waals surface area contributed by atoms with E-state index in [0.29, 0.717) is 51.4 Å². The summed E-state index contributed by atoms with van der Waals surface area (Å²) in [4.78, 5) is 36.5. The molecule has 66 heavy (non-hydrogen) atoms. The van der Waals surface area contributed by atoms with Gasteiger partial charge in [-0.05, 0) is 64.2 Å². The summed E-state index contributed by atoms with van der Waals surface area (Å²) in [6, 6.07) is 0. The molecule has 1 aliphatic carbocycles. The van der Waals surface area contributed by atoms with E-state index in [4.69, 9.17) is 18.5 Å². The van der Waals surface area contributed by atoms with Gasteiger partial charge in [0.2, 0.25) is 0 Å². The van der Waals surface area contributed by atoms with E-state index in [1.165, 1.54) is 31.4 Å².